The Bertz CT molecular complexity index is 901. The van der Waals surface area contributed by atoms with Crippen molar-refractivity contribution in [3.8, 4) is 0 Å². The topological polar surface area (TPSA) is 88.8 Å². The van der Waals surface area contributed by atoms with Gasteiger partial charge in [0.2, 0.25) is 0 Å². The minimum Gasteiger partial charge on any atom is -0.508 e. The number of aliphatic hydroxyl groups excluding tert-OH is 1. The van der Waals surface area contributed by atoms with E-state index in [1.807, 2.05) is 6.92 Å². The predicted molar refractivity (Wildman–Crippen MR) is 101 cm³/mol. The van der Waals surface area contributed by atoms with Crippen molar-refractivity contribution in [3.05, 3.63) is 59.9 Å². The third-order valence-corrected chi connectivity index (χ3v) is 3.94. The number of allylic oxidation sites excluding steroid dienone is 3. The minimum absolute atomic E-state index is 0.0502. The summed E-state index contributed by atoms with van der Waals surface area (Å²) in [5.74, 6) is -0.679. The lowest BCUT2D eigenvalue weighted by molar-refractivity contribution is 0.0528. The van der Waals surface area contributed by atoms with Crippen molar-refractivity contribution in [3.63, 3.8) is 0 Å². The standard InChI is InChI=1S/C19H23FN4O3/c1-5-15(13(4)16(25)8-7-12(3)20)22-17-9-10-24-18(23-17)14(11-21-24)19(26)27-6-2/h7-11,15,25H,3,5-6H2,1-2,4H3,(H,22,23)/b8-7-,16-13-. The number of carbonyl (C=O) groups excluding carboxylic acids is 1. The maximum absolute atomic E-state index is 12.7. The second kappa shape index (κ2) is 8.98. The Labute approximate surface area is 156 Å². The van der Waals surface area contributed by atoms with Crippen molar-refractivity contribution in [2.45, 2.75) is 33.2 Å². The zero-order chi connectivity index (χ0) is 20.0. The van der Waals surface area contributed by atoms with Gasteiger partial charge in [0.15, 0.2) is 5.65 Å². The number of hydrogen-bond donors (Lipinski definition) is 2. The number of hydrogen-bond acceptors (Lipinski definition) is 6. The van der Waals surface area contributed by atoms with Crippen LogP contribution in [0.2, 0.25) is 0 Å². The van der Waals surface area contributed by atoms with E-state index in [2.05, 4.69) is 22.0 Å². The summed E-state index contributed by atoms with van der Waals surface area (Å²) in [7, 11) is 0. The molecule has 0 aliphatic heterocycles. The highest BCUT2D eigenvalue weighted by molar-refractivity contribution is 5.95. The van der Waals surface area contributed by atoms with E-state index < -0.39 is 11.8 Å². The monoisotopic (exact) mass is 374 g/mol. The highest BCUT2D eigenvalue weighted by Crippen LogP contribution is 2.18. The average Bonchev–Trinajstić information content (AvgIpc) is 3.07. The summed E-state index contributed by atoms with van der Waals surface area (Å²) in [5.41, 5.74) is 1.26. The quantitative estimate of drug-likeness (QED) is 0.413. The fourth-order valence-electron chi connectivity index (χ4n) is 2.48. The fourth-order valence-corrected chi connectivity index (χ4v) is 2.48. The van der Waals surface area contributed by atoms with Crippen LogP contribution in [0.25, 0.3) is 5.65 Å². The molecular weight excluding hydrogens is 351 g/mol. The molecule has 0 fully saturated rings. The van der Waals surface area contributed by atoms with Gasteiger partial charge in [-0.25, -0.2) is 18.7 Å². The zero-order valence-electron chi connectivity index (χ0n) is 15.6. The molecule has 0 bridgehead atoms. The maximum Gasteiger partial charge on any atom is 0.343 e. The van der Waals surface area contributed by atoms with Gasteiger partial charge >= 0.3 is 5.97 Å². The molecule has 8 heteroatoms. The van der Waals surface area contributed by atoms with Crippen LogP contribution in [0.15, 0.2) is 54.4 Å². The molecule has 0 aliphatic carbocycles. The Balaban J connectivity index is 2.30. The van der Waals surface area contributed by atoms with Gasteiger partial charge in [0, 0.05) is 6.20 Å². The zero-order valence-corrected chi connectivity index (χ0v) is 15.6. The Morgan fingerprint density at radius 2 is 2.22 bits per heavy atom. The molecular formula is C19H23FN4O3. The van der Waals surface area contributed by atoms with E-state index >= 15 is 0 Å². The minimum atomic E-state index is -0.644. The average molecular weight is 374 g/mol. The number of nitrogens with zero attached hydrogens (tertiary/aromatic N) is 3. The number of fused-ring (bicyclic) bond motifs is 1. The van der Waals surface area contributed by atoms with Crippen LogP contribution in [0.3, 0.4) is 0 Å². The van der Waals surface area contributed by atoms with Crippen molar-refractivity contribution >= 4 is 17.4 Å². The largest absolute Gasteiger partial charge is 0.508 e. The molecule has 2 heterocycles. The van der Waals surface area contributed by atoms with Crippen LogP contribution in [0.1, 0.15) is 37.6 Å². The van der Waals surface area contributed by atoms with Gasteiger partial charge in [-0.1, -0.05) is 13.5 Å². The summed E-state index contributed by atoms with van der Waals surface area (Å²) in [4.78, 5) is 16.4. The lowest BCUT2D eigenvalue weighted by Gasteiger charge is -2.19. The summed E-state index contributed by atoms with van der Waals surface area (Å²) in [6, 6.07) is 1.47. The van der Waals surface area contributed by atoms with E-state index in [0.29, 0.717) is 23.5 Å². The van der Waals surface area contributed by atoms with Gasteiger partial charge in [-0.3, -0.25) is 0 Å². The Hall–Kier alpha value is -3.16. The molecule has 1 unspecified atom stereocenters. The normalized spacial score (nSPS) is 13.5. The first-order valence-corrected chi connectivity index (χ1v) is 8.57. The Morgan fingerprint density at radius 1 is 1.48 bits per heavy atom. The fraction of sp³-hybridized carbons (Fsp3) is 0.316. The van der Waals surface area contributed by atoms with Gasteiger partial charge < -0.3 is 15.2 Å². The number of aliphatic hydroxyl groups is 1. The highest BCUT2D eigenvalue weighted by Gasteiger charge is 2.17. The predicted octanol–water partition coefficient (Wildman–Crippen LogP) is 3.97. The molecule has 0 saturated carbocycles. The van der Waals surface area contributed by atoms with Crippen LogP contribution in [0.5, 0.6) is 0 Å². The van der Waals surface area contributed by atoms with Gasteiger partial charge in [0.1, 0.15) is 23.0 Å². The Morgan fingerprint density at radius 3 is 2.85 bits per heavy atom. The van der Waals surface area contributed by atoms with Crippen molar-refractivity contribution in [1.82, 2.24) is 14.6 Å². The van der Waals surface area contributed by atoms with Crippen molar-refractivity contribution in [2.24, 2.45) is 0 Å². The molecule has 27 heavy (non-hydrogen) atoms. The molecule has 0 aromatic carbocycles. The van der Waals surface area contributed by atoms with E-state index in [1.165, 1.54) is 16.8 Å². The number of esters is 1. The summed E-state index contributed by atoms with van der Waals surface area (Å²) in [6.07, 6.45) is 6.08. The van der Waals surface area contributed by atoms with Crippen LogP contribution in [-0.4, -0.2) is 38.3 Å². The van der Waals surface area contributed by atoms with Gasteiger partial charge in [0.05, 0.1) is 18.8 Å². The maximum atomic E-state index is 12.7. The van der Waals surface area contributed by atoms with Crippen LogP contribution in [0.4, 0.5) is 10.2 Å². The second-order valence-corrected chi connectivity index (χ2v) is 5.81. The third-order valence-electron chi connectivity index (χ3n) is 3.94. The number of anilines is 1. The smallest absolute Gasteiger partial charge is 0.343 e. The molecule has 2 aromatic rings. The van der Waals surface area contributed by atoms with E-state index in [-0.39, 0.29) is 24.0 Å². The van der Waals surface area contributed by atoms with Crippen molar-refractivity contribution in [1.29, 1.82) is 0 Å². The van der Waals surface area contributed by atoms with Crippen LogP contribution in [0, 0.1) is 0 Å². The van der Waals surface area contributed by atoms with E-state index in [9.17, 15) is 14.3 Å². The van der Waals surface area contributed by atoms with Gasteiger partial charge in [-0.2, -0.15) is 5.10 Å². The molecule has 2 N–H and O–H groups in total. The number of nitrogens with one attached hydrogen (secondary N) is 1. The summed E-state index contributed by atoms with van der Waals surface area (Å²) >= 11 is 0. The SMILES string of the molecule is C=C(F)/C=C\C(O)=C(/C)C(CC)Nc1ccn2ncc(C(=O)OCC)c2n1. The molecule has 0 radical (unpaired) electrons. The number of rotatable bonds is 8. The highest BCUT2D eigenvalue weighted by atomic mass is 19.1. The van der Waals surface area contributed by atoms with Gasteiger partial charge in [-0.15, -0.1) is 0 Å². The first-order chi connectivity index (χ1) is 12.9. The molecule has 0 aliphatic rings. The van der Waals surface area contributed by atoms with Crippen LogP contribution < -0.4 is 5.32 Å². The van der Waals surface area contributed by atoms with Crippen LogP contribution >= 0.6 is 0 Å². The summed E-state index contributed by atoms with van der Waals surface area (Å²) in [5, 5.41) is 17.4. The second-order valence-electron chi connectivity index (χ2n) is 5.81. The van der Waals surface area contributed by atoms with Crippen molar-refractivity contribution in [2.75, 3.05) is 11.9 Å². The van der Waals surface area contributed by atoms with E-state index in [0.717, 1.165) is 6.08 Å². The molecule has 0 saturated heterocycles. The number of halogens is 1. The molecule has 0 spiro atoms. The number of aromatic nitrogens is 3. The molecule has 2 rings (SSSR count). The lowest BCUT2D eigenvalue weighted by atomic mass is 10.0. The van der Waals surface area contributed by atoms with Gasteiger partial charge in [-0.05, 0) is 44.1 Å². The molecule has 1 atom stereocenters. The Kier molecular flexibility index (Phi) is 6.70. The summed E-state index contributed by atoms with van der Waals surface area (Å²) < 4.78 is 19.2. The van der Waals surface area contributed by atoms with E-state index in [4.69, 9.17) is 4.74 Å². The number of ether oxygens (including phenoxy) is 1. The van der Waals surface area contributed by atoms with Crippen molar-refractivity contribution < 1.29 is 19.0 Å². The molecule has 7 nitrogen and oxygen atoms in total. The molecule has 144 valence electrons. The first kappa shape index (κ1) is 20.2. The summed E-state index contributed by atoms with van der Waals surface area (Å²) in [6.45, 7) is 8.78. The van der Waals surface area contributed by atoms with Gasteiger partial charge in [0.25, 0.3) is 0 Å². The van der Waals surface area contributed by atoms with Crippen LogP contribution in [-0.2, 0) is 4.74 Å². The third kappa shape index (κ3) is 4.93. The van der Waals surface area contributed by atoms with E-state index in [1.54, 1.807) is 26.1 Å². The molecule has 0 amide bonds. The molecule has 2 aromatic heterocycles. The lowest BCUT2D eigenvalue weighted by Crippen LogP contribution is -2.22. The first-order valence-electron chi connectivity index (χ1n) is 8.57. The number of carbonyl (C=O) groups is 1.